The molecule has 0 aliphatic heterocycles. The minimum Gasteiger partial charge on any atom is -0.207 e. The molecule has 0 aromatic heterocycles. The zero-order chi connectivity index (χ0) is 14.6. The zero-order valence-corrected chi connectivity index (χ0v) is 13.2. The molecule has 2 aromatic rings. The highest BCUT2D eigenvalue weighted by Gasteiger charge is 2.13. The number of halogens is 1. The summed E-state index contributed by atoms with van der Waals surface area (Å²) >= 11 is 7.44. The molecule has 3 nitrogen and oxygen atoms in total. The van der Waals surface area contributed by atoms with Crippen molar-refractivity contribution in [1.29, 1.82) is 0 Å². The van der Waals surface area contributed by atoms with Crippen molar-refractivity contribution in [3.8, 4) is 0 Å². The third kappa shape index (κ3) is 3.99. The van der Waals surface area contributed by atoms with E-state index in [1.165, 1.54) is 0 Å². The fraction of sp³-hybridized carbons (Fsp3) is 0.143. The molecule has 0 amide bonds. The maximum Gasteiger partial charge on any atom is 0.240 e. The Hall–Kier alpha value is -1.01. The van der Waals surface area contributed by atoms with Crippen molar-refractivity contribution < 1.29 is 8.42 Å². The van der Waals surface area contributed by atoms with Crippen LogP contribution in [-0.2, 0) is 16.6 Å². The van der Waals surface area contributed by atoms with Crippen LogP contribution in [0, 0.1) is 0 Å². The van der Waals surface area contributed by atoms with Crippen molar-refractivity contribution in [3.63, 3.8) is 0 Å². The fourth-order valence-corrected chi connectivity index (χ4v) is 3.30. The second-order valence-electron chi connectivity index (χ2n) is 4.13. The predicted octanol–water partition coefficient (Wildman–Crippen LogP) is 3.54. The van der Waals surface area contributed by atoms with Gasteiger partial charge >= 0.3 is 0 Å². The van der Waals surface area contributed by atoms with Crippen LogP contribution in [0.25, 0.3) is 0 Å². The van der Waals surface area contributed by atoms with Crippen LogP contribution in [0.4, 0.5) is 0 Å². The van der Waals surface area contributed by atoms with Gasteiger partial charge in [0.2, 0.25) is 10.0 Å². The van der Waals surface area contributed by atoms with E-state index in [9.17, 15) is 8.42 Å². The van der Waals surface area contributed by atoms with Gasteiger partial charge in [-0.3, -0.25) is 0 Å². The van der Waals surface area contributed by atoms with Gasteiger partial charge < -0.3 is 0 Å². The monoisotopic (exact) mass is 327 g/mol. The van der Waals surface area contributed by atoms with Gasteiger partial charge in [0.1, 0.15) is 0 Å². The lowest BCUT2D eigenvalue weighted by Crippen LogP contribution is -2.23. The molecule has 2 aromatic carbocycles. The maximum absolute atomic E-state index is 12.1. The number of benzene rings is 2. The van der Waals surface area contributed by atoms with Gasteiger partial charge in [0.15, 0.2) is 0 Å². The lowest BCUT2D eigenvalue weighted by Gasteiger charge is -2.07. The van der Waals surface area contributed by atoms with Crippen molar-refractivity contribution >= 4 is 33.4 Å². The molecule has 0 radical (unpaired) electrons. The summed E-state index contributed by atoms with van der Waals surface area (Å²) in [6, 6.07) is 13.9. The van der Waals surface area contributed by atoms with E-state index in [1.807, 2.05) is 12.3 Å². The standard InChI is InChI=1S/C14H14ClNO2S2/c1-19-13-5-7-14(8-6-13)20(17,18)16-10-11-3-2-4-12(15)9-11/h2-9,16H,10H2,1H3. The Bertz CT molecular complexity index is 685. The van der Waals surface area contributed by atoms with Gasteiger partial charge in [-0.25, -0.2) is 13.1 Å². The first-order valence-corrected chi connectivity index (χ1v) is 8.98. The molecule has 0 unspecified atom stereocenters. The lowest BCUT2D eigenvalue weighted by atomic mass is 10.2. The van der Waals surface area contributed by atoms with Gasteiger partial charge in [-0.05, 0) is 48.2 Å². The molecule has 0 saturated heterocycles. The number of hydrogen-bond donors (Lipinski definition) is 1. The third-order valence-electron chi connectivity index (χ3n) is 2.73. The van der Waals surface area contributed by atoms with E-state index in [1.54, 1.807) is 54.2 Å². The molecule has 0 atom stereocenters. The molecule has 106 valence electrons. The Morgan fingerprint density at radius 2 is 1.85 bits per heavy atom. The molecule has 0 heterocycles. The summed E-state index contributed by atoms with van der Waals surface area (Å²) in [6.07, 6.45) is 1.95. The SMILES string of the molecule is CSc1ccc(S(=O)(=O)NCc2cccc(Cl)c2)cc1. The summed E-state index contributed by atoms with van der Waals surface area (Å²) in [5.41, 5.74) is 0.821. The van der Waals surface area contributed by atoms with Gasteiger partial charge in [0.25, 0.3) is 0 Å². The third-order valence-corrected chi connectivity index (χ3v) is 5.12. The molecular formula is C14H14ClNO2S2. The second-order valence-corrected chi connectivity index (χ2v) is 7.21. The summed E-state index contributed by atoms with van der Waals surface area (Å²) < 4.78 is 26.8. The molecular weight excluding hydrogens is 314 g/mol. The van der Waals surface area contributed by atoms with E-state index in [0.29, 0.717) is 5.02 Å². The minimum absolute atomic E-state index is 0.215. The van der Waals surface area contributed by atoms with E-state index in [4.69, 9.17) is 11.6 Å². The van der Waals surface area contributed by atoms with Crippen LogP contribution in [0.5, 0.6) is 0 Å². The number of sulfonamides is 1. The van der Waals surface area contributed by atoms with Crippen LogP contribution in [0.2, 0.25) is 5.02 Å². The minimum atomic E-state index is -3.50. The van der Waals surface area contributed by atoms with Crippen LogP contribution in [-0.4, -0.2) is 14.7 Å². The topological polar surface area (TPSA) is 46.2 Å². The Morgan fingerprint density at radius 3 is 2.45 bits per heavy atom. The van der Waals surface area contributed by atoms with Crippen LogP contribution in [0.1, 0.15) is 5.56 Å². The molecule has 20 heavy (non-hydrogen) atoms. The van der Waals surface area contributed by atoms with Crippen LogP contribution >= 0.6 is 23.4 Å². The van der Waals surface area contributed by atoms with Gasteiger partial charge in [-0.15, -0.1) is 11.8 Å². The summed E-state index contributed by atoms with van der Waals surface area (Å²) in [7, 11) is -3.50. The van der Waals surface area contributed by atoms with Crippen LogP contribution < -0.4 is 4.72 Å². The summed E-state index contributed by atoms with van der Waals surface area (Å²) in [6.45, 7) is 0.215. The van der Waals surface area contributed by atoms with E-state index in [-0.39, 0.29) is 11.4 Å². The van der Waals surface area contributed by atoms with Gasteiger partial charge in [-0.1, -0.05) is 23.7 Å². The van der Waals surface area contributed by atoms with Crippen LogP contribution in [0.15, 0.2) is 58.3 Å². The van der Waals surface area contributed by atoms with Gasteiger partial charge in [0.05, 0.1) is 4.90 Å². The smallest absolute Gasteiger partial charge is 0.207 e. The van der Waals surface area contributed by atoms with Crippen molar-refractivity contribution in [3.05, 3.63) is 59.1 Å². The fourth-order valence-electron chi connectivity index (χ4n) is 1.66. The van der Waals surface area contributed by atoms with Gasteiger partial charge in [0, 0.05) is 16.5 Å². The van der Waals surface area contributed by atoms with Crippen molar-refractivity contribution in [2.75, 3.05) is 6.26 Å². The average molecular weight is 328 g/mol. The highest BCUT2D eigenvalue weighted by atomic mass is 35.5. The molecule has 0 fully saturated rings. The average Bonchev–Trinajstić information content (AvgIpc) is 2.45. The van der Waals surface area contributed by atoms with Crippen molar-refractivity contribution in [2.45, 2.75) is 16.3 Å². The van der Waals surface area contributed by atoms with E-state index < -0.39 is 10.0 Å². The molecule has 0 bridgehead atoms. The zero-order valence-electron chi connectivity index (χ0n) is 10.8. The molecule has 0 saturated carbocycles. The Labute approximate surface area is 128 Å². The highest BCUT2D eigenvalue weighted by Crippen LogP contribution is 2.18. The number of hydrogen-bond acceptors (Lipinski definition) is 3. The first-order chi connectivity index (χ1) is 9.51. The van der Waals surface area contributed by atoms with Crippen molar-refractivity contribution in [2.24, 2.45) is 0 Å². The van der Waals surface area contributed by atoms with E-state index in [2.05, 4.69) is 4.72 Å². The largest absolute Gasteiger partial charge is 0.240 e. The summed E-state index contributed by atoms with van der Waals surface area (Å²) in [5, 5.41) is 0.589. The first-order valence-electron chi connectivity index (χ1n) is 5.89. The second kappa shape index (κ2) is 6.63. The maximum atomic E-state index is 12.1. The summed E-state index contributed by atoms with van der Waals surface area (Å²) in [5.74, 6) is 0. The molecule has 0 aliphatic carbocycles. The van der Waals surface area contributed by atoms with Crippen molar-refractivity contribution in [1.82, 2.24) is 4.72 Å². The Morgan fingerprint density at radius 1 is 1.15 bits per heavy atom. The Kier molecular flexibility index (Phi) is 5.10. The number of thioether (sulfide) groups is 1. The quantitative estimate of drug-likeness (QED) is 0.854. The van der Waals surface area contributed by atoms with Gasteiger partial charge in [-0.2, -0.15) is 0 Å². The Balaban J connectivity index is 2.10. The predicted molar refractivity (Wildman–Crippen MR) is 83.7 cm³/mol. The van der Waals surface area contributed by atoms with E-state index >= 15 is 0 Å². The lowest BCUT2D eigenvalue weighted by molar-refractivity contribution is 0.581. The summed E-state index contributed by atoms with van der Waals surface area (Å²) in [4.78, 5) is 1.29. The first kappa shape index (κ1) is 15.4. The van der Waals surface area contributed by atoms with Crippen LogP contribution in [0.3, 0.4) is 0 Å². The molecule has 0 spiro atoms. The number of nitrogens with one attached hydrogen (secondary N) is 1. The normalized spacial score (nSPS) is 11.5. The molecule has 0 aliphatic rings. The molecule has 2 rings (SSSR count). The highest BCUT2D eigenvalue weighted by molar-refractivity contribution is 7.98. The number of rotatable bonds is 5. The molecule has 1 N–H and O–H groups in total. The van der Waals surface area contributed by atoms with E-state index in [0.717, 1.165) is 10.5 Å². The molecule has 6 heteroatoms.